The van der Waals surface area contributed by atoms with Gasteiger partial charge in [0.15, 0.2) is 0 Å². The van der Waals surface area contributed by atoms with Gasteiger partial charge in [-0.3, -0.25) is 0 Å². The number of anilines is 1. The number of rotatable bonds is 6. The molecule has 0 spiro atoms. The van der Waals surface area contributed by atoms with Crippen molar-refractivity contribution in [1.29, 1.82) is 0 Å². The van der Waals surface area contributed by atoms with Crippen molar-refractivity contribution >= 4 is 5.82 Å². The highest BCUT2D eigenvalue weighted by Crippen LogP contribution is 2.37. The molecule has 0 atom stereocenters. The lowest BCUT2D eigenvalue weighted by Crippen LogP contribution is -2.07. The van der Waals surface area contributed by atoms with Crippen molar-refractivity contribution in [2.24, 2.45) is 0 Å². The quantitative estimate of drug-likeness (QED) is 0.875. The summed E-state index contributed by atoms with van der Waals surface area (Å²) < 4.78 is 5.15. The minimum Gasteiger partial charge on any atom is -0.497 e. The van der Waals surface area contributed by atoms with E-state index in [1.807, 2.05) is 24.4 Å². The Morgan fingerprint density at radius 2 is 2.00 bits per heavy atom. The summed E-state index contributed by atoms with van der Waals surface area (Å²) in [5.41, 5.74) is 1.29. The van der Waals surface area contributed by atoms with Gasteiger partial charge >= 0.3 is 0 Å². The predicted molar refractivity (Wildman–Crippen MR) is 79.2 cm³/mol. The first-order valence-corrected chi connectivity index (χ1v) is 7.05. The first-order valence-electron chi connectivity index (χ1n) is 7.05. The second-order valence-corrected chi connectivity index (χ2v) is 5.10. The van der Waals surface area contributed by atoms with Gasteiger partial charge < -0.3 is 10.1 Å². The number of nitrogens with zero attached hydrogens (tertiary/aromatic N) is 2. The number of methoxy groups -OCH3 is 1. The highest BCUT2D eigenvalue weighted by atomic mass is 16.5. The maximum Gasteiger partial charge on any atom is 0.133 e. The molecule has 1 aliphatic rings. The number of aromatic nitrogens is 2. The monoisotopic (exact) mass is 269 g/mol. The fourth-order valence-corrected chi connectivity index (χ4v) is 2.14. The van der Waals surface area contributed by atoms with E-state index in [0.717, 1.165) is 30.4 Å². The molecule has 3 rings (SSSR count). The van der Waals surface area contributed by atoms with E-state index in [4.69, 9.17) is 4.74 Å². The van der Waals surface area contributed by atoms with Crippen LogP contribution in [0.2, 0.25) is 0 Å². The second-order valence-electron chi connectivity index (χ2n) is 5.10. The summed E-state index contributed by atoms with van der Waals surface area (Å²) in [5, 5.41) is 3.36. The Bertz CT molecular complexity index is 564. The molecule has 0 amide bonds. The molecule has 104 valence electrons. The first kappa shape index (κ1) is 12.9. The Hall–Kier alpha value is -2.10. The van der Waals surface area contributed by atoms with Gasteiger partial charge in [0.25, 0.3) is 0 Å². The molecule has 0 aliphatic heterocycles. The average molecular weight is 269 g/mol. The van der Waals surface area contributed by atoms with Crippen molar-refractivity contribution in [2.75, 3.05) is 19.0 Å². The average Bonchev–Trinajstić information content (AvgIpc) is 3.33. The van der Waals surface area contributed by atoms with E-state index in [1.54, 1.807) is 7.11 Å². The molecule has 0 bridgehead atoms. The SMILES string of the molecule is COc1ccc(CCNc2ccnc(C3CC3)n2)cc1. The lowest BCUT2D eigenvalue weighted by atomic mass is 10.1. The summed E-state index contributed by atoms with van der Waals surface area (Å²) in [5.74, 6) is 3.40. The number of hydrogen-bond donors (Lipinski definition) is 1. The molecule has 1 aromatic heterocycles. The molecule has 0 radical (unpaired) electrons. The number of benzene rings is 1. The third kappa shape index (κ3) is 3.26. The maximum absolute atomic E-state index is 5.15. The Kier molecular flexibility index (Phi) is 3.81. The predicted octanol–water partition coefficient (Wildman–Crippen LogP) is 3.02. The smallest absolute Gasteiger partial charge is 0.133 e. The Morgan fingerprint density at radius 3 is 2.70 bits per heavy atom. The van der Waals surface area contributed by atoms with Crippen LogP contribution in [0.15, 0.2) is 36.5 Å². The molecule has 1 heterocycles. The number of nitrogens with one attached hydrogen (secondary N) is 1. The van der Waals surface area contributed by atoms with Gasteiger partial charge in [0.05, 0.1) is 7.11 Å². The van der Waals surface area contributed by atoms with Crippen LogP contribution in [-0.2, 0) is 6.42 Å². The molecule has 1 aromatic carbocycles. The lowest BCUT2D eigenvalue weighted by molar-refractivity contribution is 0.414. The molecule has 1 saturated carbocycles. The van der Waals surface area contributed by atoms with Crippen molar-refractivity contribution in [3.8, 4) is 5.75 Å². The molecular weight excluding hydrogens is 250 g/mol. The maximum atomic E-state index is 5.15. The molecule has 4 heteroatoms. The fraction of sp³-hybridized carbons (Fsp3) is 0.375. The molecule has 1 fully saturated rings. The van der Waals surface area contributed by atoms with Crippen molar-refractivity contribution in [3.05, 3.63) is 47.9 Å². The van der Waals surface area contributed by atoms with Gasteiger partial charge in [0, 0.05) is 18.7 Å². The summed E-state index contributed by atoms with van der Waals surface area (Å²) in [6.45, 7) is 0.869. The molecule has 0 unspecified atom stereocenters. The van der Waals surface area contributed by atoms with Gasteiger partial charge in [-0.05, 0) is 43.0 Å². The zero-order valence-electron chi connectivity index (χ0n) is 11.7. The van der Waals surface area contributed by atoms with E-state index < -0.39 is 0 Å². The van der Waals surface area contributed by atoms with E-state index in [0.29, 0.717) is 5.92 Å². The van der Waals surface area contributed by atoms with Crippen LogP contribution in [0.5, 0.6) is 5.75 Å². The van der Waals surface area contributed by atoms with Gasteiger partial charge in [0.1, 0.15) is 17.4 Å². The zero-order valence-corrected chi connectivity index (χ0v) is 11.7. The molecule has 20 heavy (non-hydrogen) atoms. The number of hydrogen-bond acceptors (Lipinski definition) is 4. The summed E-state index contributed by atoms with van der Waals surface area (Å²) in [6, 6.07) is 10.1. The summed E-state index contributed by atoms with van der Waals surface area (Å²) in [6.07, 6.45) is 5.27. The highest BCUT2D eigenvalue weighted by Gasteiger charge is 2.26. The standard InChI is InChI=1S/C16H19N3O/c1-20-14-6-2-12(3-7-14)8-10-17-15-9-11-18-16(19-15)13-4-5-13/h2-3,6-7,9,11,13H,4-5,8,10H2,1H3,(H,17,18,19). The summed E-state index contributed by atoms with van der Waals surface area (Å²) in [7, 11) is 1.68. The largest absolute Gasteiger partial charge is 0.497 e. The minimum absolute atomic E-state index is 0.596. The lowest BCUT2D eigenvalue weighted by Gasteiger charge is -2.07. The van der Waals surface area contributed by atoms with Crippen LogP contribution in [0.3, 0.4) is 0 Å². The van der Waals surface area contributed by atoms with Crippen molar-refractivity contribution in [3.63, 3.8) is 0 Å². The van der Waals surface area contributed by atoms with Crippen LogP contribution in [0.1, 0.15) is 30.1 Å². The first-order chi connectivity index (χ1) is 9.85. The normalized spacial score (nSPS) is 14.1. The van der Waals surface area contributed by atoms with Crippen molar-refractivity contribution < 1.29 is 4.74 Å². The van der Waals surface area contributed by atoms with Crippen LogP contribution >= 0.6 is 0 Å². The highest BCUT2D eigenvalue weighted by molar-refractivity contribution is 5.34. The molecule has 1 N–H and O–H groups in total. The van der Waals surface area contributed by atoms with E-state index >= 15 is 0 Å². The van der Waals surface area contributed by atoms with Crippen LogP contribution in [-0.4, -0.2) is 23.6 Å². The van der Waals surface area contributed by atoms with E-state index in [-0.39, 0.29) is 0 Å². The fourth-order valence-electron chi connectivity index (χ4n) is 2.14. The van der Waals surface area contributed by atoms with Crippen molar-refractivity contribution in [1.82, 2.24) is 9.97 Å². The summed E-state index contributed by atoms with van der Waals surface area (Å²) >= 11 is 0. The van der Waals surface area contributed by atoms with Crippen LogP contribution < -0.4 is 10.1 Å². The van der Waals surface area contributed by atoms with E-state index in [2.05, 4.69) is 27.4 Å². The van der Waals surface area contributed by atoms with Gasteiger partial charge in [-0.15, -0.1) is 0 Å². The minimum atomic E-state index is 0.596. The Morgan fingerprint density at radius 1 is 1.20 bits per heavy atom. The third-order valence-corrected chi connectivity index (χ3v) is 3.50. The third-order valence-electron chi connectivity index (χ3n) is 3.50. The molecule has 2 aromatic rings. The van der Waals surface area contributed by atoms with E-state index in [1.165, 1.54) is 18.4 Å². The van der Waals surface area contributed by atoms with Gasteiger partial charge in [-0.2, -0.15) is 0 Å². The molecule has 0 saturated heterocycles. The van der Waals surface area contributed by atoms with E-state index in [9.17, 15) is 0 Å². The van der Waals surface area contributed by atoms with Crippen LogP contribution in [0, 0.1) is 0 Å². The molecule has 1 aliphatic carbocycles. The zero-order chi connectivity index (χ0) is 13.8. The Labute approximate surface area is 119 Å². The molecular formula is C16H19N3O. The summed E-state index contributed by atoms with van der Waals surface area (Å²) in [4.78, 5) is 8.87. The Balaban J connectivity index is 1.52. The van der Waals surface area contributed by atoms with Gasteiger partial charge in [-0.25, -0.2) is 9.97 Å². The molecule has 4 nitrogen and oxygen atoms in total. The van der Waals surface area contributed by atoms with Crippen molar-refractivity contribution in [2.45, 2.75) is 25.2 Å². The van der Waals surface area contributed by atoms with Crippen LogP contribution in [0.25, 0.3) is 0 Å². The topological polar surface area (TPSA) is 47.0 Å². The number of ether oxygens (including phenoxy) is 1. The van der Waals surface area contributed by atoms with Crippen LogP contribution in [0.4, 0.5) is 5.82 Å². The second kappa shape index (κ2) is 5.90. The van der Waals surface area contributed by atoms with Gasteiger partial charge in [-0.1, -0.05) is 12.1 Å². The van der Waals surface area contributed by atoms with Gasteiger partial charge in [0.2, 0.25) is 0 Å².